The van der Waals surface area contributed by atoms with E-state index in [2.05, 4.69) is 0 Å². The van der Waals surface area contributed by atoms with Gasteiger partial charge in [0.15, 0.2) is 0 Å². The molecule has 2 nitrogen and oxygen atoms in total. The van der Waals surface area contributed by atoms with E-state index < -0.39 is 11.7 Å². The van der Waals surface area contributed by atoms with E-state index in [9.17, 15) is 5.11 Å². The molecule has 0 saturated heterocycles. The van der Waals surface area contributed by atoms with Crippen LogP contribution in [-0.4, -0.2) is 17.8 Å². The molecule has 0 bridgehead atoms. The van der Waals surface area contributed by atoms with Crippen LogP contribution in [0.4, 0.5) is 0 Å². The third kappa shape index (κ3) is 2.71. The Kier molecular flexibility index (Phi) is 4.14. The standard InChI is InChI=1S/C12H17ClO2/c1-4-12(2,15-3)11(14)9-6-5-7-10(13)8-9/h5-8,11,14H,4H2,1-3H3. The van der Waals surface area contributed by atoms with Crippen molar-refractivity contribution in [2.24, 2.45) is 0 Å². The van der Waals surface area contributed by atoms with Gasteiger partial charge in [-0.15, -0.1) is 0 Å². The molecule has 84 valence electrons. The van der Waals surface area contributed by atoms with Gasteiger partial charge in [0, 0.05) is 12.1 Å². The summed E-state index contributed by atoms with van der Waals surface area (Å²) < 4.78 is 5.35. The molecule has 3 heteroatoms. The fourth-order valence-corrected chi connectivity index (χ4v) is 1.68. The van der Waals surface area contributed by atoms with Crippen LogP contribution in [0.5, 0.6) is 0 Å². The average molecular weight is 229 g/mol. The highest BCUT2D eigenvalue weighted by atomic mass is 35.5. The molecule has 0 spiro atoms. The van der Waals surface area contributed by atoms with Crippen LogP contribution in [0.2, 0.25) is 5.02 Å². The van der Waals surface area contributed by atoms with Gasteiger partial charge >= 0.3 is 0 Å². The molecule has 1 aromatic rings. The van der Waals surface area contributed by atoms with Crippen LogP contribution in [0.1, 0.15) is 31.9 Å². The van der Waals surface area contributed by atoms with Crippen LogP contribution < -0.4 is 0 Å². The maximum atomic E-state index is 10.2. The second kappa shape index (κ2) is 4.97. The SMILES string of the molecule is CCC(C)(OC)C(O)c1cccc(Cl)c1. The molecule has 0 radical (unpaired) electrons. The Morgan fingerprint density at radius 1 is 1.53 bits per heavy atom. The van der Waals surface area contributed by atoms with Gasteiger partial charge in [-0.05, 0) is 31.0 Å². The second-order valence-electron chi connectivity index (χ2n) is 3.83. The van der Waals surface area contributed by atoms with Gasteiger partial charge in [-0.2, -0.15) is 0 Å². The quantitative estimate of drug-likeness (QED) is 0.858. The molecule has 0 fully saturated rings. The van der Waals surface area contributed by atoms with E-state index in [-0.39, 0.29) is 0 Å². The van der Waals surface area contributed by atoms with Crippen molar-refractivity contribution in [2.75, 3.05) is 7.11 Å². The predicted octanol–water partition coefficient (Wildman–Crippen LogP) is 3.19. The fourth-order valence-electron chi connectivity index (χ4n) is 1.48. The molecule has 2 atom stereocenters. The summed E-state index contributed by atoms with van der Waals surface area (Å²) in [7, 11) is 1.61. The van der Waals surface area contributed by atoms with Crippen molar-refractivity contribution in [3.63, 3.8) is 0 Å². The van der Waals surface area contributed by atoms with Crippen molar-refractivity contribution in [3.05, 3.63) is 34.9 Å². The number of rotatable bonds is 4. The minimum Gasteiger partial charge on any atom is -0.385 e. The Morgan fingerprint density at radius 3 is 2.67 bits per heavy atom. The van der Waals surface area contributed by atoms with Crippen molar-refractivity contribution < 1.29 is 9.84 Å². The lowest BCUT2D eigenvalue weighted by Crippen LogP contribution is -2.34. The van der Waals surface area contributed by atoms with Gasteiger partial charge in [-0.25, -0.2) is 0 Å². The Balaban J connectivity index is 2.97. The van der Waals surface area contributed by atoms with Gasteiger partial charge in [-0.1, -0.05) is 30.7 Å². The Bertz CT molecular complexity index is 321. The number of methoxy groups -OCH3 is 1. The molecule has 15 heavy (non-hydrogen) atoms. The van der Waals surface area contributed by atoms with E-state index in [0.29, 0.717) is 5.02 Å². The van der Waals surface area contributed by atoms with E-state index >= 15 is 0 Å². The normalized spacial score (nSPS) is 17.1. The van der Waals surface area contributed by atoms with Crippen molar-refractivity contribution >= 4 is 11.6 Å². The van der Waals surface area contributed by atoms with E-state index in [4.69, 9.17) is 16.3 Å². The van der Waals surface area contributed by atoms with Gasteiger partial charge in [0.2, 0.25) is 0 Å². The van der Waals surface area contributed by atoms with Crippen molar-refractivity contribution in [1.82, 2.24) is 0 Å². The first kappa shape index (κ1) is 12.5. The lowest BCUT2D eigenvalue weighted by atomic mass is 9.90. The van der Waals surface area contributed by atoms with Gasteiger partial charge in [0.1, 0.15) is 6.10 Å². The molecule has 0 aliphatic heterocycles. The molecule has 0 amide bonds. The van der Waals surface area contributed by atoms with E-state index in [0.717, 1.165) is 12.0 Å². The lowest BCUT2D eigenvalue weighted by molar-refractivity contribution is -0.0944. The van der Waals surface area contributed by atoms with Crippen LogP contribution in [-0.2, 0) is 4.74 Å². The summed E-state index contributed by atoms with van der Waals surface area (Å²) in [5, 5.41) is 10.8. The van der Waals surface area contributed by atoms with Gasteiger partial charge in [0.25, 0.3) is 0 Å². The van der Waals surface area contributed by atoms with Crippen molar-refractivity contribution in [1.29, 1.82) is 0 Å². The van der Waals surface area contributed by atoms with Crippen LogP contribution in [0.25, 0.3) is 0 Å². The van der Waals surface area contributed by atoms with Crippen molar-refractivity contribution in [2.45, 2.75) is 32.0 Å². The molecule has 0 aliphatic carbocycles. The fraction of sp³-hybridized carbons (Fsp3) is 0.500. The number of hydrogen-bond acceptors (Lipinski definition) is 2. The second-order valence-corrected chi connectivity index (χ2v) is 4.26. The van der Waals surface area contributed by atoms with Crippen LogP contribution >= 0.6 is 11.6 Å². The number of aliphatic hydroxyl groups excluding tert-OH is 1. The molecule has 1 aromatic carbocycles. The largest absolute Gasteiger partial charge is 0.385 e. The van der Waals surface area contributed by atoms with Gasteiger partial charge < -0.3 is 9.84 Å². The van der Waals surface area contributed by atoms with Crippen LogP contribution in [0.3, 0.4) is 0 Å². The zero-order chi connectivity index (χ0) is 11.5. The topological polar surface area (TPSA) is 29.5 Å². The predicted molar refractivity (Wildman–Crippen MR) is 62.1 cm³/mol. The van der Waals surface area contributed by atoms with E-state index in [1.54, 1.807) is 19.2 Å². The third-order valence-electron chi connectivity index (χ3n) is 2.91. The molecule has 0 saturated carbocycles. The first-order chi connectivity index (χ1) is 7.03. The summed E-state index contributed by atoms with van der Waals surface area (Å²) in [4.78, 5) is 0. The number of hydrogen-bond donors (Lipinski definition) is 1. The first-order valence-electron chi connectivity index (χ1n) is 5.02. The van der Waals surface area contributed by atoms with Crippen LogP contribution in [0.15, 0.2) is 24.3 Å². The lowest BCUT2D eigenvalue weighted by Gasteiger charge is -2.32. The summed E-state index contributed by atoms with van der Waals surface area (Å²) in [6, 6.07) is 7.23. The monoisotopic (exact) mass is 228 g/mol. The van der Waals surface area contributed by atoms with Crippen LogP contribution in [0, 0.1) is 0 Å². The van der Waals surface area contributed by atoms with Gasteiger partial charge in [0.05, 0.1) is 5.60 Å². The summed E-state index contributed by atoms with van der Waals surface area (Å²) in [6.45, 7) is 3.87. The highest BCUT2D eigenvalue weighted by Crippen LogP contribution is 2.32. The molecule has 1 rings (SSSR count). The Hall–Kier alpha value is -0.570. The molecular weight excluding hydrogens is 212 g/mol. The first-order valence-corrected chi connectivity index (χ1v) is 5.40. The minimum absolute atomic E-state index is 0.565. The maximum absolute atomic E-state index is 10.2. The maximum Gasteiger partial charge on any atom is 0.108 e. The smallest absolute Gasteiger partial charge is 0.108 e. The molecule has 0 aliphatic rings. The summed E-state index contributed by atoms with van der Waals surface area (Å²) in [5.41, 5.74) is 0.221. The number of halogens is 1. The molecular formula is C12H17ClO2. The number of aliphatic hydroxyl groups is 1. The number of benzene rings is 1. The van der Waals surface area contributed by atoms with E-state index in [1.807, 2.05) is 26.0 Å². The average Bonchev–Trinajstić information content (AvgIpc) is 2.27. The minimum atomic E-state index is -0.661. The van der Waals surface area contributed by atoms with E-state index in [1.165, 1.54) is 0 Å². The molecule has 0 heterocycles. The zero-order valence-corrected chi connectivity index (χ0v) is 10.1. The Labute approximate surface area is 95.8 Å². The Morgan fingerprint density at radius 2 is 2.20 bits per heavy atom. The molecule has 1 N–H and O–H groups in total. The third-order valence-corrected chi connectivity index (χ3v) is 3.15. The highest BCUT2D eigenvalue weighted by molar-refractivity contribution is 6.30. The van der Waals surface area contributed by atoms with Crippen molar-refractivity contribution in [3.8, 4) is 0 Å². The zero-order valence-electron chi connectivity index (χ0n) is 9.33. The highest BCUT2D eigenvalue weighted by Gasteiger charge is 2.32. The number of ether oxygens (including phenoxy) is 1. The summed E-state index contributed by atoms with van der Waals surface area (Å²) >= 11 is 5.87. The summed E-state index contributed by atoms with van der Waals surface area (Å²) in [5.74, 6) is 0. The summed E-state index contributed by atoms with van der Waals surface area (Å²) in [6.07, 6.45) is 0.0724. The molecule has 0 aromatic heterocycles. The van der Waals surface area contributed by atoms with Gasteiger partial charge in [-0.3, -0.25) is 0 Å². The molecule has 2 unspecified atom stereocenters.